The Hall–Kier alpha value is -2.81. The molecule has 1 fully saturated rings. The van der Waals surface area contributed by atoms with Crippen molar-refractivity contribution in [2.24, 2.45) is 17.8 Å². The molecule has 0 spiro atoms. The van der Waals surface area contributed by atoms with Gasteiger partial charge in [0.05, 0.1) is 6.42 Å². The molecule has 28 heavy (non-hydrogen) atoms. The van der Waals surface area contributed by atoms with Crippen LogP contribution in [0.4, 0.5) is 0 Å². The number of ether oxygens (including phenoxy) is 1. The van der Waals surface area contributed by atoms with Gasteiger partial charge in [0.25, 0.3) is 5.89 Å². The molecular formula is C18H18ClN3O6. The van der Waals surface area contributed by atoms with E-state index in [-0.39, 0.29) is 43.6 Å². The van der Waals surface area contributed by atoms with Crippen molar-refractivity contribution in [1.82, 2.24) is 10.1 Å². The topological polar surface area (TPSA) is 125 Å². The first-order valence-electron chi connectivity index (χ1n) is 8.72. The summed E-state index contributed by atoms with van der Waals surface area (Å²) in [5, 5.41) is 15.2. The van der Waals surface area contributed by atoms with Gasteiger partial charge in [0, 0.05) is 33.8 Å². The van der Waals surface area contributed by atoms with Crippen molar-refractivity contribution in [1.29, 1.82) is 0 Å². The van der Waals surface area contributed by atoms with E-state index in [0.717, 1.165) is 0 Å². The van der Waals surface area contributed by atoms with Gasteiger partial charge >= 0.3 is 5.97 Å². The predicted octanol–water partition coefficient (Wildman–Crippen LogP) is 2.94. The average Bonchev–Trinajstić information content (AvgIpc) is 3.20. The van der Waals surface area contributed by atoms with Crippen molar-refractivity contribution >= 4 is 23.4 Å². The normalized spacial score (nSPS) is 21.6. The van der Waals surface area contributed by atoms with Gasteiger partial charge in [-0.15, -0.1) is 0 Å². The number of rotatable bonds is 7. The van der Waals surface area contributed by atoms with Gasteiger partial charge in [-0.25, -0.2) is 0 Å². The van der Waals surface area contributed by atoms with Crippen molar-refractivity contribution in [3.05, 3.63) is 45.3 Å². The summed E-state index contributed by atoms with van der Waals surface area (Å²) in [5.74, 6) is -1.63. The summed E-state index contributed by atoms with van der Waals surface area (Å²) in [4.78, 5) is 38.7. The van der Waals surface area contributed by atoms with E-state index in [0.29, 0.717) is 16.4 Å². The van der Waals surface area contributed by atoms with Gasteiger partial charge < -0.3 is 9.26 Å². The minimum Gasteiger partial charge on any atom is -0.456 e. The van der Waals surface area contributed by atoms with E-state index in [4.69, 9.17) is 20.9 Å². The maximum absolute atomic E-state index is 12.1. The molecule has 2 aromatic rings. The van der Waals surface area contributed by atoms with E-state index in [9.17, 15) is 19.7 Å². The Bertz CT molecular complexity index is 882. The molecule has 1 aromatic carbocycles. The van der Waals surface area contributed by atoms with Crippen molar-refractivity contribution in [3.63, 3.8) is 0 Å². The number of hydrogen-bond donors (Lipinski definition) is 0. The van der Waals surface area contributed by atoms with E-state index < -0.39 is 22.7 Å². The first kappa shape index (κ1) is 19.9. The van der Waals surface area contributed by atoms with E-state index in [1.54, 1.807) is 31.2 Å². The molecule has 0 aliphatic heterocycles. The van der Waals surface area contributed by atoms with Gasteiger partial charge in [-0.3, -0.25) is 19.7 Å². The summed E-state index contributed by atoms with van der Waals surface area (Å²) in [5.41, 5.74) is 0.693. The molecule has 0 unspecified atom stereocenters. The lowest BCUT2D eigenvalue weighted by molar-refractivity contribution is -0.490. The molecule has 0 radical (unpaired) electrons. The standard InChI is InChI=1S/C18H18ClN3O6/c1-10-6-15(23)13(14(10)8-22(25)26)7-17(24)27-9-16-20-18(21-28-16)11-2-4-12(19)5-3-11/h2-5,10,13-14H,6-9H2,1H3/t10-,13-,14-/m1/s1. The summed E-state index contributed by atoms with van der Waals surface area (Å²) < 4.78 is 10.2. The minimum absolute atomic E-state index is 0.103. The molecule has 9 nitrogen and oxygen atoms in total. The van der Waals surface area contributed by atoms with E-state index in [1.807, 2.05) is 0 Å². The van der Waals surface area contributed by atoms with Gasteiger partial charge in [0.2, 0.25) is 12.4 Å². The van der Waals surface area contributed by atoms with Crippen LogP contribution in [-0.4, -0.2) is 33.4 Å². The fourth-order valence-corrected chi connectivity index (χ4v) is 3.54. The highest BCUT2D eigenvalue weighted by Crippen LogP contribution is 2.36. The van der Waals surface area contributed by atoms with Gasteiger partial charge in [-0.1, -0.05) is 23.7 Å². The van der Waals surface area contributed by atoms with Crippen LogP contribution in [0, 0.1) is 27.9 Å². The van der Waals surface area contributed by atoms with E-state index in [2.05, 4.69) is 10.1 Å². The largest absolute Gasteiger partial charge is 0.456 e. The summed E-state index contributed by atoms with van der Waals surface area (Å²) in [7, 11) is 0. The van der Waals surface area contributed by atoms with Crippen molar-refractivity contribution in [2.45, 2.75) is 26.4 Å². The second-order valence-corrected chi connectivity index (χ2v) is 7.25. The van der Waals surface area contributed by atoms with Crippen LogP contribution in [0.25, 0.3) is 11.4 Å². The maximum Gasteiger partial charge on any atom is 0.307 e. The molecule has 1 saturated carbocycles. The number of nitro groups is 1. The highest BCUT2D eigenvalue weighted by Gasteiger charge is 2.44. The first-order valence-corrected chi connectivity index (χ1v) is 9.10. The van der Waals surface area contributed by atoms with Crippen molar-refractivity contribution in [3.8, 4) is 11.4 Å². The molecule has 3 atom stereocenters. The van der Waals surface area contributed by atoms with Gasteiger partial charge in [-0.2, -0.15) is 4.98 Å². The van der Waals surface area contributed by atoms with Gasteiger partial charge in [0.1, 0.15) is 5.78 Å². The highest BCUT2D eigenvalue weighted by molar-refractivity contribution is 6.30. The molecule has 0 saturated heterocycles. The van der Waals surface area contributed by atoms with Crippen LogP contribution >= 0.6 is 11.6 Å². The number of carbonyl (C=O) groups excluding carboxylic acids is 2. The number of ketones is 1. The Morgan fingerprint density at radius 3 is 2.79 bits per heavy atom. The van der Waals surface area contributed by atoms with E-state index >= 15 is 0 Å². The summed E-state index contributed by atoms with van der Waals surface area (Å²) in [6.07, 6.45) is 0.0461. The number of aromatic nitrogens is 2. The van der Waals surface area contributed by atoms with Crippen LogP contribution in [0.1, 0.15) is 25.7 Å². The molecule has 1 aliphatic rings. The Morgan fingerprint density at radius 1 is 1.39 bits per heavy atom. The molecule has 1 heterocycles. The summed E-state index contributed by atoms with van der Waals surface area (Å²) in [6, 6.07) is 6.83. The zero-order valence-electron chi connectivity index (χ0n) is 15.0. The number of nitrogens with zero attached hydrogens (tertiary/aromatic N) is 3. The van der Waals surface area contributed by atoms with Crippen molar-refractivity contribution in [2.75, 3.05) is 6.54 Å². The zero-order chi connectivity index (χ0) is 20.3. The molecule has 0 N–H and O–H groups in total. The third-order valence-electron chi connectivity index (χ3n) is 4.86. The number of hydrogen-bond acceptors (Lipinski definition) is 8. The Kier molecular flexibility index (Phi) is 6.03. The third-order valence-corrected chi connectivity index (χ3v) is 5.11. The first-order chi connectivity index (χ1) is 13.3. The number of esters is 1. The Morgan fingerprint density at radius 2 is 2.11 bits per heavy atom. The lowest BCUT2D eigenvalue weighted by Gasteiger charge is -2.16. The average molecular weight is 408 g/mol. The molecule has 148 valence electrons. The molecule has 1 aromatic heterocycles. The smallest absolute Gasteiger partial charge is 0.307 e. The maximum atomic E-state index is 12.1. The summed E-state index contributed by atoms with van der Waals surface area (Å²) >= 11 is 5.83. The highest BCUT2D eigenvalue weighted by atomic mass is 35.5. The second kappa shape index (κ2) is 8.47. The van der Waals surface area contributed by atoms with Crippen LogP contribution < -0.4 is 0 Å². The monoisotopic (exact) mass is 407 g/mol. The number of benzene rings is 1. The zero-order valence-corrected chi connectivity index (χ0v) is 15.8. The summed E-state index contributed by atoms with van der Waals surface area (Å²) in [6.45, 7) is 1.21. The molecular weight excluding hydrogens is 390 g/mol. The van der Waals surface area contributed by atoms with Crippen LogP contribution in [0.2, 0.25) is 5.02 Å². The Labute approximate surface area is 165 Å². The second-order valence-electron chi connectivity index (χ2n) is 6.82. The number of Topliss-reactive ketones (excluding diaryl/α,β-unsaturated/α-hetero) is 1. The SMILES string of the molecule is C[C@@H]1CC(=O)[C@H](CC(=O)OCc2nc(-c3ccc(Cl)cc3)no2)[C@@H]1C[N+](=O)[O-]. The molecule has 1 aliphatic carbocycles. The lowest BCUT2D eigenvalue weighted by Crippen LogP contribution is -2.27. The van der Waals surface area contributed by atoms with Crippen LogP contribution in [0.15, 0.2) is 28.8 Å². The quantitative estimate of drug-likeness (QED) is 0.389. The molecule has 0 amide bonds. The van der Waals surface area contributed by atoms with Crippen LogP contribution in [-0.2, 0) is 20.9 Å². The fraction of sp³-hybridized carbons (Fsp3) is 0.444. The van der Waals surface area contributed by atoms with Gasteiger partial charge in [0.15, 0.2) is 6.61 Å². The van der Waals surface area contributed by atoms with Crippen LogP contribution in [0.3, 0.4) is 0 Å². The molecule has 0 bridgehead atoms. The van der Waals surface area contributed by atoms with E-state index in [1.165, 1.54) is 0 Å². The van der Waals surface area contributed by atoms with Crippen molar-refractivity contribution < 1.29 is 23.8 Å². The third kappa shape index (κ3) is 4.72. The minimum atomic E-state index is -0.694. The Balaban J connectivity index is 1.56. The number of carbonyl (C=O) groups is 2. The molecule has 10 heteroatoms. The van der Waals surface area contributed by atoms with Gasteiger partial charge in [-0.05, 0) is 30.2 Å². The predicted molar refractivity (Wildman–Crippen MR) is 96.8 cm³/mol. The molecule has 3 rings (SSSR count). The lowest BCUT2D eigenvalue weighted by atomic mass is 9.88. The fourth-order valence-electron chi connectivity index (χ4n) is 3.41. The van der Waals surface area contributed by atoms with Crippen LogP contribution in [0.5, 0.6) is 0 Å². The number of halogens is 1.